The first-order chi connectivity index (χ1) is 11.5. The van der Waals surface area contributed by atoms with Crippen LogP contribution in [0.4, 0.5) is 0 Å². The predicted molar refractivity (Wildman–Crippen MR) is 106 cm³/mol. The number of nitrogens with zero attached hydrogens (tertiary/aromatic N) is 3. The number of rotatable bonds is 3. The summed E-state index contributed by atoms with van der Waals surface area (Å²) in [7, 11) is 0. The highest BCUT2D eigenvalue weighted by atomic mass is 79.9. The lowest BCUT2D eigenvalue weighted by atomic mass is 10.0. The molecule has 1 aromatic carbocycles. The summed E-state index contributed by atoms with van der Waals surface area (Å²) < 4.78 is 2.90. The van der Waals surface area contributed by atoms with Gasteiger partial charge in [-0.1, -0.05) is 0 Å². The average Bonchev–Trinajstić information content (AvgIpc) is 2.88. The topological polar surface area (TPSA) is 64.2 Å². The fourth-order valence-corrected chi connectivity index (χ4v) is 3.55. The zero-order valence-electron chi connectivity index (χ0n) is 14.5. The Kier molecular flexibility index (Phi) is 6.65. The Bertz CT molecular complexity index is 744. The van der Waals surface area contributed by atoms with E-state index in [9.17, 15) is 4.79 Å². The fraction of sp³-hybridized carbons (Fsp3) is 0.444. The molecule has 7 heteroatoms. The van der Waals surface area contributed by atoms with E-state index in [1.807, 2.05) is 47.7 Å². The van der Waals surface area contributed by atoms with Crippen molar-refractivity contribution >= 4 is 34.2 Å². The number of piperidine rings is 1. The third-order valence-corrected chi connectivity index (χ3v) is 5.87. The molecule has 1 aromatic heterocycles. The highest BCUT2D eigenvalue weighted by molar-refractivity contribution is 9.10. The number of carbonyl (C=O) groups excluding carboxylic acids is 1. The van der Waals surface area contributed by atoms with E-state index in [4.69, 9.17) is 5.73 Å². The van der Waals surface area contributed by atoms with Crippen molar-refractivity contribution in [3.05, 3.63) is 45.7 Å². The summed E-state index contributed by atoms with van der Waals surface area (Å²) in [6.07, 6.45) is 3.21. The molecule has 0 saturated carbocycles. The van der Waals surface area contributed by atoms with Gasteiger partial charge in [-0.05, 0) is 73.3 Å². The molecule has 2 heterocycles. The minimum Gasteiger partial charge on any atom is -0.334 e. The van der Waals surface area contributed by atoms with E-state index in [-0.39, 0.29) is 24.4 Å². The maximum absolute atomic E-state index is 12.8. The van der Waals surface area contributed by atoms with Crippen LogP contribution in [-0.2, 0) is 0 Å². The lowest BCUT2D eigenvalue weighted by Gasteiger charge is -2.35. The van der Waals surface area contributed by atoms with Crippen molar-refractivity contribution in [2.24, 2.45) is 5.73 Å². The molecule has 0 radical (unpaired) electrons. The van der Waals surface area contributed by atoms with E-state index < -0.39 is 0 Å². The molecule has 25 heavy (non-hydrogen) atoms. The minimum absolute atomic E-state index is 0. The summed E-state index contributed by atoms with van der Waals surface area (Å²) >= 11 is 3.55. The largest absolute Gasteiger partial charge is 0.334 e. The summed E-state index contributed by atoms with van der Waals surface area (Å²) in [5, 5.41) is 4.53. The highest BCUT2D eigenvalue weighted by Gasteiger charge is 2.26. The van der Waals surface area contributed by atoms with Crippen LogP contribution in [0.15, 0.2) is 28.7 Å². The molecule has 1 fully saturated rings. The molecule has 5 nitrogen and oxygen atoms in total. The van der Waals surface area contributed by atoms with E-state index in [0.29, 0.717) is 12.1 Å². The van der Waals surface area contributed by atoms with Crippen LogP contribution in [0.5, 0.6) is 0 Å². The first-order valence-corrected chi connectivity index (χ1v) is 9.15. The Morgan fingerprint density at radius 2 is 1.96 bits per heavy atom. The highest BCUT2D eigenvalue weighted by Crippen LogP contribution is 2.24. The summed E-state index contributed by atoms with van der Waals surface area (Å²) in [5.74, 6) is 0.0752. The van der Waals surface area contributed by atoms with Gasteiger partial charge in [0.15, 0.2) is 0 Å². The van der Waals surface area contributed by atoms with Crippen LogP contribution in [0.2, 0.25) is 0 Å². The Morgan fingerprint density at radius 1 is 1.28 bits per heavy atom. The summed E-state index contributed by atoms with van der Waals surface area (Å²) in [4.78, 5) is 14.7. The zero-order valence-corrected chi connectivity index (χ0v) is 16.9. The number of aromatic nitrogens is 2. The molecule has 1 unspecified atom stereocenters. The second-order valence-corrected chi connectivity index (χ2v) is 7.12. The summed E-state index contributed by atoms with van der Waals surface area (Å²) in [6.45, 7) is 5.31. The smallest absolute Gasteiger partial charge is 0.254 e. The molecule has 0 spiro atoms. The van der Waals surface area contributed by atoms with Gasteiger partial charge in [-0.3, -0.25) is 4.79 Å². The van der Waals surface area contributed by atoms with Gasteiger partial charge >= 0.3 is 0 Å². The second kappa shape index (κ2) is 8.34. The van der Waals surface area contributed by atoms with Crippen molar-refractivity contribution in [1.29, 1.82) is 0 Å². The fourth-order valence-electron chi connectivity index (χ4n) is 3.30. The predicted octanol–water partition coefficient (Wildman–Crippen LogP) is 3.63. The molecular weight excluding hydrogens is 404 g/mol. The molecule has 136 valence electrons. The van der Waals surface area contributed by atoms with Gasteiger partial charge in [0.2, 0.25) is 0 Å². The maximum atomic E-state index is 12.8. The van der Waals surface area contributed by atoms with Crippen LogP contribution in [0.25, 0.3) is 5.69 Å². The standard InChI is InChI=1S/C18H23BrN4O.ClH/c1-12-17(19)13(2)23(21-12)15-8-6-14(7-9-15)18(24)22-10-4-3-5-16(22)11-20;/h6-9,16H,3-5,10-11,20H2,1-2H3;1H. The second-order valence-electron chi connectivity index (χ2n) is 6.33. The van der Waals surface area contributed by atoms with Crippen molar-refractivity contribution in [2.75, 3.05) is 13.1 Å². The van der Waals surface area contributed by atoms with Gasteiger partial charge < -0.3 is 10.6 Å². The Morgan fingerprint density at radius 3 is 2.52 bits per heavy atom. The molecule has 0 aliphatic carbocycles. The van der Waals surface area contributed by atoms with Crippen LogP contribution in [0.3, 0.4) is 0 Å². The Balaban J connectivity index is 0.00000225. The van der Waals surface area contributed by atoms with Crippen molar-refractivity contribution in [2.45, 2.75) is 39.2 Å². The number of halogens is 2. The number of likely N-dealkylation sites (tertiary alicyclic amines) is 1. The monoisotopic (exact) mass is 426 g/mol. The van der Waals surface area contributed by atoms with Crippen LogP contribution < -0.4 is 5.73 Å². The van der Waals surface area contributed by atoms with E-state index in [0.717, 1.165) is 47.4 Å². The van der Waals surface area contributed by atoms with Crippen molar-refractivity contribution < 1.29 is 4.79 Å². The number of aryl methyl sites for hydroxylation is 1. The van der Waals surface area contributed by atoms with Crippen LogP contribution in [0.1, 0.15) is 41.0 Å². The van der Waals surface area contributed by atoms with E-state index in [2.05, 4.69) is 21.0 Å². The first kappa shape index (κ1) is 19.9. The number of hydrogen-bond donors (Lipinski definition) is 1. The number of carbonyl (C=O) groups is 1. The molecule has 3 rings (SSSR count). The molecule has 1 atom stereocenters. The van der Waals surface area contributed by atoms with Gasteiger partial charge in [-0.25, -0.2) is 4.68 Å². The van der Waals surface area contributed by atoms with Gasteiger partial charge in [0.1, 0.15) is 0 Å². The zero-order chi connectivity index (χ0) is 17.3. The lowest BCUT2D eigenvalue weighted by Crippen LogP contribution is -2.47. The van der Waals surface area contributed by atoms with E-state index in [1.165, 1.54) is 0 Å². The van der Waals surface area contributed by atoms with E-state index >= 15 is 0 Å². The average molecular weight is 428 g/mol. The Labute approximate surface area is 163 Å². The lowest BCUT2D eigenvalue weighted by molar-refractivity contribution is 0.0623. The van der Waals surface area contributed by atoms with Crippen molar-refractivity contribution in [3.63, 3.8) is 0 Å². The SMILES string of the molecule is Cc1nn(-c2ccc(C(=O)N3CCCCC3CN)cc2)c(C)c1Br.Cl. The van der Waals surface area contributed by atoms with Gasteiger partial charge in [0.05, 0.1) is 21.5 Å². The summed E-state index contributed by atoms with van der Waals surface area (Å²) in [5.41, 5.74) is 9.49. The number of benzene rings is 1. The molecule has 1 aliphatic heterocycles. The molecule has 1 amide bonds. The molecule has 1 saturated heterocycles. The van der Waals surface area contributed by atoms with Crippen LogP contribution in [-0.4, -0.2) is 39.7 Å². The van der Waals surface area contributed by atoms with Crippen LogP contribution in [0, 0.1) is 13.8 Å². The molecular formula is C18H24BrClN4O. The molecule has 1 aliphatic rings. The Hall–Kier alpha value is -1.37. The van der Waals surface area contributed by atoms with Crippen molar-refractivity contribution in [1.82, 2.24) is 14.7 Å². The van der Waals surface area contributed by atoms with E-state index in [1.54, 1.807) is 0 Å². The minimum atomic E-state index is 0. The van der Waals surface area contributed by atoms with Crippen LogP contribution >= 0.6 is 28.3 Å². The first-order valence-electron chi connectivity index (χ1n) is 8.36. The third-order valence-electron chi connectivity index (χ3n) is 4.72. The third kappa shape index (κ3) is 3.91. The van der Waals surface area contributed by atoms with Crippen molar-refractivity contribution in [3.8, 4) is 5.69 Å². The van der Waals surface area contributed by atoms with Gasteiger partial charge in [0, 0.05) is 24.7 Å². The number of amides is 1. The molecule has 0 bridgehead atoms. The quantitative estimate of drug-likeness (QED) is 0.813. The normalized spacial score (nSPS) is 17.3. The van der Waals surface area contributed by atoms with Gasteiger partial charge in [0.25, 0.3) is 5.91 Å². The molecule has 2 aromatic rings. The number of nitrogens with two attached hydrogens (primary N) is 1. The molecule has 2 N–H and O–H groups in total. The maximum Gasteiger partial charge on any atom is 0.254 e. The van der Waals surface area contributed by atoms with Gasteiger partial charge in [-0.15, -0.1) is 12.4 Å². The van der Waals surface area contributed by atoms with Gasteiger partial charge in [-0.2, -0.15) is 5.10 Å². The summed E-state index contributed by atoms with van der Waals surface area (Å²) in [6, 6.07) is 7.81. The number of hydrogen-bond acceptors (Lipinski definition) is 3.